The molecule has 2 aromatic heterocycles. The van der Waals surface area contributed by atoms with E-state index in [-0.39, 0.29) is 16.8 Å². The zero-order valence-corrected chi connectivity index (χ0v) is 18.3. The summed E-state index contributed by atoms with van der Waals surface area (Å²) in [5.74, 6) is 1.00. The number of rotatable bonds is 4. The first-order valence-corrected chi connectivity index (χ1v) is 10.3. The van der Waals surface area contributed by atoms with Crippen LogP contribution in [0.4, 0.5) is 5.82 Å². The van der Waals surface area contributed by atoms with Gasteiger partial charge < -0.3 is 19.9 Å². The van der Waals surface area contributed by atoms with Crippen LogP contribution >= 0.6 is 0 Å². The number of phenols is 1. The summed E-state index contributed by atoms with van der Waals surface area (Å²) >= 11 is 0. The number of imidazole rings is 1. The first kappa shape index (κ1) is 20.3. The van der Waals surface area contributed by atoms with E-state index in [2.05, 4.69) is 59.9 Å². The lowest BCUT2D eigenvalue weighted by molar-refractivity contribution is 0.160. The van der Waals surface area contributed by atoms with E-state index in [0.29, 0.717) is 17.3 Å². The number of aromatic hydroxyl groups is 1. The Balaban J connectivity index is 1.54. The fourth-order valence-electron chi connectivity index (χ4n) is 4.68. The van der Waals surface area contributed by atoms with Crippen LogP contribution in [0.15, 0.2) is 49.3 Å². The number of hydrogen-bond donors (Lipinski definition) is 2. The van der Waals surface area contributed by atoms with Crippen LogP contribution in [0.2, 0.25) is 0 Å². The Hall–Kier alpha value is -2.93. The van der Waals surface area contributed by atoms with Gasteiger partial charge >= 0.3 is 0 Å². The van der Waals surface area contributed by atoms with Crippen molar-refractivity contribution in [3.05, 3.63) is 49.3 Å². The van der Waals surface area contributed by atoms with Gasteiger partial charge in [-0.1, -0.05) is 0 Å². The van der Waals surface area contributed by atoms with Gasteiger partial charge in [0.05, 0.1) is 30.1 Å². The molecule has 2 N–H and O–H groups in total. The highest BCUT2D eigenvalue weighted by molar-refractivity contribution is 5.68. The van der Waals surface area contributed by atoms with Gasteiger partial charge in [-0.15, -0.1) is 0 Å². The van der Waals surface area contributed by atoms with Crippen molar-refractivity contribution in [2.24, 2.45) is 0 Å². The van der Waals surface area contributed by atoms with Gasteiger partial charge in [0.2, 0.25) is 0 Å². The van der Waals surface area contributed by atoms with Crippen molar-refractivity contribution in [3.63, 3.8) is 0 Å². The highest BCUT2D eigenvalue weighted by atomic mass is 16.3. The second kappa shape index (κ2) is 7.40. The van der Waals surface area contributed by atoms with Crippen LogP contribution in [0.3, 0.4) is 0 Å². The molecule has 0 atom stereocenters. The van der Waals surface area contributed by atoms with Crippen molar-refractivity contribution < 1.29 is 5.11 Å². The minimum absolute atomic E-state index is 0.0663. The average Bonchev–Trinajstić information content (AvgIpc) is 3.20. The number of aromatic nitrogens is 4. The summed E-state index contributed by atoms with van der Waals surface area (Å²) in [6.07, 6.45) is 10.8. The number of nitrogens with one attached hydrogen (secondary N) is 1. The molecular weight excluding hydrogens is 376 g/mol. The third kappa shape index (κ3) is 4.16. The lowest BCUT2D eigenvalue weighted by atomic mass is 9.79. The van der Waals surface area contributed by atoms with Crippen LogP contribution in [-0.2, 0) is 0 Å². The van der Waals surface area contributed by atoms with Gasteiger partial charge in [0.15, 0.2) is 0 Å². The topological polar surface area (TPSA) is 79.1 Å². The summed E-state index contributed by atoms with van der Waals surface area (Å²) in [6, 6.07) is 5.87. The molecule has 3 heterocycles. The number of benzene rings is 1. The van der Waals surface area contributed by atoms with Gasteiger partial charge in [0.25, 0.3) is 0 Å². The smallest absolute Gasteiger partial charge is 0.147 e. The van der Waals surface area contributed by atoms with Gasteiger partial charge in [0.1, 0.15) is 11.6 Å². The number of piperidine rings is 1. The van der Waals surface area contributed by atoms with Crippen LogP contribution in [0.1, 0.15) is 40.5 Å². The molecule has 0 aliphatic carbocycles. The van der Waals surface area contributed by atoms with E-state index in [1.807, 2.05) is 22.9 Å². The maximum absolute atomic E-state index is 10.5. The van der Waals surface area contributed by atoms with Gasteiger partial charge in [-0.3, -0.25) is 4.98 Å². The minimum Gasteiger partial charge on any atom is -0.507 e. The number of nitrogens with zero attached hydrogens (tertiary/aromatic N) is 5. The van der Waals surface area contributed by atoms with Gasteiger partial charge in [0, 0.05) is 48.2 Å². The molecule has 0 unspecified atom stereocenters. The van der Waals surface area contributed by atoms with Crippen LogP contribution in [0, 0.1) is 0 Å². The molecule has 1 aliphatic rings. The Kier molecular flexibility index (Phi) is 5.02. The molecule has 4 rings (SSSR count). The molecule has 7 nitrogen and oxygen atoms in total. The maximum Gasteiger partial charge on any atom is 0.147 e. The van der Waals surface area contributed by atoms with E-state index in [4.69, 9.17) is 0 Å². The molecule has 0 radical (unpaired) electrons. The standard InChI is InChI=1S/C23H30N6O/c1-22(2)11-17(12-23(3,4)27-22)28(5)21-14-25-19(13-26-21)18-7-6-16(10-20(18)30)29-9-8-24-15-29/h6-10,13-15,17,27,30H,11-12H2,1-5H3. The van der Waals surface area contributed by atoms with Crippen molar-refractivity contribution in [1.29, 1.82) is 0 Å². The Morgan fingerprint density at radius 1 is 1.10 bits per heavy atom. The van der Waals surface area contributed by atoms with Crippen molar-refractivity contribution in [2.75, 3.05) is 11.9 Å². The molecule has 30 heavy (non-hydrogen) atoms. The zero-order chi connectivity index (χ0) is 21.5. The van der Waals surface area contributed by atoms with Gasteiger partial charge in [-0.05, 0) is 52.7 Å². The van der Waals surface area contributed by atoms with Crippen molar-refractivity contribution in [3.8, 4) is 22.7 Å². The monoisotopic (exact) mass is 406 g/mol. The summed E-state index contributed by atoms with van der Waals surface area (Å²) in [4.78, 5) is 15.5. The summed E-state index contributed by atoms with van der Waals surface area (Å²) < 4.78 is 1.84. The predicted molar refractivity (Wildman–Crippen MR) is 119 cm³/mol. The van der Waals surface area contributed by atoms with Crippen molar-refractivity contribution in [2.45, 2.75) is 57.7 Å². The Morgan fingerprint density at radius 2 is 1.83 bits per heavy atom. The second-order valence-electron chi connectivity index (χ2n) is 9.50. The van der Waals surface area contributed by atoms with E-state index in [1.165, 1.54) is 0 Å². The molecule has 3 aromatic rings. The fourth-order valence-corrected chi connectivity index (χ4v) is 4.68. The quantitative estimate of drug-likeness (QED) is 0.686. The fraction of sp³-hybridized carbons (Fsp3) is 0.435. The number of hydrogen-bond acceptors (Lipinski definition) is 6. The van der Waals surface area contributed by atoms with E-state index >= 15 is 0 Å². The van der Waals surface area contributed by atoms with Crippen molar-refractivity contribution in [1.82, 2.24) is 24.8 Å². The average molecular weight is 407 g/mol. The first-order valence-electron chi connectivity index (χ1n) is 10.3. The Morgan fingerprint density at radius 3 is 2.40 bits per heavy atom. The SMILES string of the molecule is CN(c1cnc(-c2ccc(-n3ccnc3)cc2O)cn1)C1CC(C)(C)NC(C)(C)C1. The van der Waals surface area contributed by atoms with E-state index in [9.17, 15) is 5.11 Å². The number of anilines is 1. The van der Waals surface area contributed by atoms with Crippen molar-refractivity contribution >= 4 is 5.82 Å². The Labute approximate surface area is 177 Å². The lowest BCUT2D eigenvalue weighted by Crippen LogP contribution is -2.62. The minimum atomic E-state index is 0.0663. The third-order valence-electron chi connectivity index (χ3n) is 5.78. The van der Waals surface area contributed by atoms with E-state index in [0.717, 1.165) is 24.3 Å². The molecule has 1 aromatic carbocycles. The summed E-state index contributed by atoms with van der Waals surface area (Å²) in [5.41, 5.74) is 2.28. The largest absolute Gasteiger partial charge is 0.507 e. The van der Waals surface area contributed by atoms with Crippen LogP contribution < -0.4 is 10.2 Å². The number of phenolic OH excluding ortho intramolecular Hbond substituents is 1. The molecule has 0 bridgehead atoms. The molecule has 0 saturated carbocycles. The Bertz CT molecular complexity index is 995. The first-order chi connectivity index (χ1) is 14.1. The van der Waals surface area contributed by atoms with Crippen LogP contribution in [-0.4, -0.2) is 48.8 Å². The molecule has 0 amide bonds. The lowest BCUT2D eigenvalue weighted by Gasteiger charge is -2.49. The second-order valence-corrected chi connectivity index (χ2v) is 9.50. The zero-order valence-electron chi connectivity index (χ0n) is 18.3. The van der Waals surface area contributed by atoms with E-state index in [1.54, 1.807) is 31.0 Å². The summed E-state index contributed by atoms with van der Waals surface area (Å²) in [7, 11) is 2.09. The third-order valence-corrected chi connectivity index (χ3v) is 5.78. The highest BCUT2D eigenvalue weighted by Crippen LogP contribution is 2.33. The maximum atomic E-state index is 10.5. The summed E-state index contributed by atoms with van der Waals surface area (Å²) in [6.45, 7) is 9.00. The molecule has 1 aliphatic heterocycles. The molecular formula is C23H30N6O. The normalized spacial score (nSPS) is 18.3. The van der Waals surface area contributed by atoms with Crippen LogP contribution in [0.5, 0.6) is 5.75 Å². The molecule has 1 fully saturated rings. The van der Waals surface area contributed by atoms with Gasteiger partial charge in [-0.2, -0.15) is 0 Å². The molecule has 1 saturated heterocycles. The van der Waals surface area contributed by atoms with Crippen LogP contribution in [0.25, 0.3) is 16.9 Å². The molecule has 7 heteroatoms. The highest BCUT2D eigenvalue weighted by Gasteiger charge is 2.39. The molecule has 0 spiro atoms. The van der Waals surface area contributed by atoms with Gasteiger partial charge in [-0.25, -0.2) is 9.97 Å². The predicted octanol–water partition coefficient (Wildman–Crippen LogP) is 3.78. The van der Waals surface area contributed by atoms with E-state index < -0.39 is 0 Å². The summed E-state index contributed by atoms with van der Waals surface area (Å²) in [5, 5.41) is 14.2. The molecule has 158 valence electrons.